The van der Waals surface area contributed by atoms with Crippen LogP contribution in [0.3, 0.4) is 0 Å². The van der Waals surface area contributed by atoms with Crippen molar-refractivity contribution < 1.29 is 0 Å². The van der Waals surface area contributed by atoms with Crippen molar-refractivity contribution in [1.29, 1.82) is 0 Å². The van der Waals surface area contributed by atoms with Gasteiger partial charge in [0.2, 0.25) is 5.28 Å². The molecule has 1 saturated carbocycles. The van der Waals surface area contributed by atoms with Crippen LogP contribution in [-0.2, 0) is 13.0 Å². The Bertz CT molecular complexity index is 406. The van der Waals surface area contributed by atoms with Crippen LogP contribution in [0.15, 0.2) is 0 Å². The lowest BCUT2D eigenvalue weighted by Gasteiger charge is -2.08. The van der Waals surface area contributed by atoms with Crippen molar-refractivity contribution in [3.8, 4) is 0 Å². The summed E-state index contributed by atoms with van der Waals surface area (Å²) in [4.78, 5) is 0. The van der Waals surface area contributed by atoms with Gasteiger partial charge in [-0.05, 0) is 34.8 Å². The van der Waals surface area contributed by atoms with Crippen LogP contribution in [0.4, 0.5) is 0 Å². The first-order chi connectivity index (χ1) is 7.82. The Morgan fingerprint density at radius 3 is 2.24 bits per heavy atom. The van der Waals surface area contributed by atoms with Crippen LogP contribution >= 0.6 is 11.6 Å². The number of aryl methyl sites for hydroxylation is 1. The second-order valence-corrected chi connectivity index (χ2v) is 6.58. The monoisotopic (exact) mass is 255 g/mol. The van der Waals surface area contributed by atoms with Gasteiger partial charge in [0.1, 0.15) is 5.82 Å². The van der Waals surface area contributed by atoms with E-state index < -0.39 is 0 Å². The van der Waals surface area contributed by atoms with Crippen LogP contribution < -0.4 is 0 Å². The topological polar surface area (TPSA) is 30.7 Å². The van der Waals surface area contributed by atoms with Crippen molar-refractivity contribution in [2.24, 2.45) is 16.7 Å². The molecule has 4 heteroatoms. The summed E-state index contributed by atoms with van der Waals surface area (Å²) in [6.45, 7) is 12.4. The molecule has 0 atom stereocenters. The number of nitrogens with zero attached hydrogens (tertiary/aromatic N) is 3. The Labute approximate surface area is 109 Å². The highest BCUT2D eigenvalue weighted by Gasteiger charge is 2.64. The first-order valence-electron chi connectivity index (χ1n) is 6.40. The lowest BCUT2D eigenvalue weighted by Crippen LogP contribution is -2.08. The van der Waals surface area contributed by atoms with Crippen molar-refractivity contribution in [2.75, 3.05) is 0 Å². The maximum Gasteiger partial charge on any atom is 0.225 e. The van der Waals surface area contributed by atoms with Gasteiger partial charge in [0, 0.05) is 13.0 Å². The van der Waals surface area contributed by atoms with Gasteiger partial charge in [-0.25, -0.2) is 0 Å². The summed E-state index contributed by atoms with van der Waals surface area (Å²) in [5.41, 5.74) is 0.758. The molecule has 0 radical (unpaired) electrons. The standard InChI is InChI=1S/C13H22ClN3/c1-6-7-10-15-16-11(14)17(10)8-9-12(2,3)13(9,4)5/h9H,6-8H2,1-5H3. The van der Waals surface area contributed by atoms with Gasteiger partial charge < -0.3 is 4.57 Å². The van der Waals surface area contributed by atoms with Gasteiger partial charge >= 0.3 is 0 Å². The molecule has 1 heterocycles. The van der Waals surface area contributed by atoms with Gasteiger partial charge in [-0.2, -0.15) is 0 Å². The molecule has 2 rings (SSSR count). The molecule has 1 aromatic heterocycles. The van der Waals surface area contributed by atoms with E-state index in [1.807, 2.05) is 0 Å². The van der Waals surface area contributed by atoms with Crippen molar-refractivity contribution in [2.45, 2.75) is 54.0 Å². The van der Waals surface area contributed by atoms with Gasteiger partial charge in [-0.15, -0.1) is 10.2 Å². The minimum Gasteiger partial charge on any atom is -0.301 e. The van der Waals surface area contributed by atoms with E-state index in [0.29, 0.717) is 22.0 Å². The van der Waals surface area contributed by atoms with E-state index in [-0.39, 0.29) is 0 Å². The highest BCUT2D eigenvalue weighted by Crippen LogP contribution is 2.68. The van der Waals surface area contributed by atoms with Gasteiger partial charge in [0.15, 0.2) is 0 Å². The summed E-state index contributed by atoms with van der Waals surface area (Å²) in [6, 6.07) is 0. The molecule has 0 spiro atoms. The second-order valence-electron chi connectivity index (χ2n) is 6.24. The lowest BCUT2D eigenvalue weighted by atomic mass is 10.0. The van der Waals surface area contributed by atoms with Crippen LogP contribution in [0.5, 0.6) is 0 Å². The Morgan fingerprint density at radius 1 is 1.18 bits per heavy atom. The van der Waals surface area contributed by atoms with Crippen molar-refractivity contribution in [3.05, 3.63) is 11.1 Å². The highest BCUT2D eigenvalue weighted by atomic mass is 35.5. The molecule has 3 nitrogen and oxygen atoms in total. The summed E-state index contributed by atoms with van der Waals surface area (Å²) in [5, 5.41) is 8.69. The first-order valence-corrected chi connectivity index (χ1v) is 6.77. The maximum absolute atomic E-state index is 6.13. The number of rotatable bonds is 4. The third-order valence-electron chi connectivity index (χ3n) is 4.94. The predicted molar refractivity (Wildman–Crippen MR) is 70.1 cm³/mol. The molecule has 1 fully saturated rings. The Kier molecular flexibility index (Phi) is 3.01. The molecular weight excluding hydrogens is 234 g/mol. The zero-order valence-corrected chi connectivity index (χ0v) is 12.2. The molecule has 0 aromatic carbocycles. The molecule has 96 valence electrons. The Hall–Kier alpha value is -0.570. The fourth-order valence-electron chi connectivity index (χ4n) is 2.87. The fourth-order valence-corrected chi connectivity index (χ4v) is 3.08. The van der Waals surface area contributed by atoms with E-state index in [1.54, 1.807) is 0 Å². The molecule has 1 aliphatic rings. The minimum atomic E-state index is 0.379. The number of halogens is 1. The second kappa shape index (κ2) is 3.98. The van der Waals surface area contributed by atoms with Crippen LogP contribution in [0, 0.1) is 16.7 Å². The third-order valence-corrected chi connectivity index (χ3v) is 5.22. The summed E-state index contributed by atoms with van der Waals surface area (Å²) in [6.07, 6.45) is 2.03. The lowest BCUT2D eigenvalue weighted by molar-refractivity contribution is 0.457. The van der Waals surface area contributed by atoms with Crippen LogP contribution in [0.2, 0.25) is 5.28 Å². The molecule has 1 aromatic rings. The third kappa shape index (κ3) is 1.88. The molecule has 0 aliphatic heterocycles. The zero-order valence-electron chi connectivity index (χ0n) is 11.4. The summed E-state index contributed by atoms with van der Waals surface area (Å²) >= 11 is 6.13. The molecule has 1 aliphatic carbocycles. The average molecular weight is 256 g/mol. The number of aromatic nitrogens is 3. The minimum absolute atomic E-state index is 0.379. The number of hydrogen-bond donors (Lipinski definition) is 0. The molecule has 0 unspecified atom stereocenters. The average Bonchev–Trinajstić information content (AvgIpc) is 2.53. The van der Waals surface area contributed by atoms with Crippen molar-refractivity contribution in [3.63, 3.8) is 0 Å². The largest absolute Gasteiger partial charge is 0.301 e. The van der Waals surface area contributed by atoms with Crippen molar-refractivity contribution in [1.82, 2.24) is 14.8 Å². The molecule has 0 bridgehead atoms. The SMILES string of the molecule is CCCc1nnc(Cl)n1CC1C(C)(C)C1(C)C. The highest BCUT2D eigenvalue weighted by molar-refractivity contribution is 6.28. The van der Waals surface area contributed by atoms with Crippen LogP contribution in [0.1, 0.15) is 46.9 Å². The molecule has 0 amide bonds. The first kappa shape index (κ1) is 12.9. The van der Waals surface area contributed by atoms with Crippen LogP contribution in [0.25, 0.3) is 0 Å². The Morgan fingerprint density at radius 2 is 1.76 bits per heavy atom. The van der Waals surface area contributed by atoms with Crippen molar-refractivity contribution >= 4 is 11.6 Å². The Balaban J connectivity index is 2.18. The van der Waals surface area contributed by atoms with Gasteiger partial charge in [0.25, 0.3) is 0 Å². The van der Waals surface area contributed by atoms with E-state index in [2.05, 4.69) is 49.4 Å². The summed E-state index contributed by atoms with van der Waals surface area (Å²) < 4.78 is 2.09. The van der Waals surface area contributed by atoms with Gasteiger partial charge in [-0.1, -0.05) is 34.6 Å². The van der Waals surface area contributed by atoms with Gasteiger partial charge in [0.05, 0.1) is 0 Å². The summed E-state index contributed by atoms with van der Waals surface area (Å²) in [7, 11) is 0. The predicted octanol–water partition coefficient (Wildman–Crippen LogP) is 3.57. The van der Waals surface area contributed by atoms with E-state index in [0.717, 1.165) is 25.2 Å². The molecule has 0 N–H and O–H groups in total. The number of hydrogen-bond acceptors (Lipinski definition) is 2. The van der Waals surface area contributed by atoms with E-state index in [4.69, 9.17) is 11.6 Å². The van der Waals surface area contributed by atoms with E-state index >= 15 is 0 Å². The van der Waals surface area contributed by atoms with Crippen LogP contribution in [-0.4, -0.2) is 14.8 Å². The van der Waals surface area contributed by atoms with E-state index in [9.17, 15) is 0 Å². The molecule has 0 saturated heterocycles. The van der Waals surface area contributed by atoms with Gasteiger partial charge in [-0.3, -0.25) is 0 Å². The normalized spacial score (nSPS) is 21.8. The maximum atomic E-state index is 6.13. The van der Waals surface area contributed by atoms with E-state index in [1.165, 1.54) is 0 Å². The molecule has 17 heavy (non-hydrogen) atoms. The zero-order chi connectivity index (χ0) is 12.8. The smallest absolute Gasteiger partial charge is 0.225 e. The quantitative estimate of drug-likeness (QED) is 0.824. The fraction of sp³-hybridized carbons (Fsp3) is 0.846. The summed E-state index contributed by atoms with van der Waals surface area (Å²) in [5.74, 6) is 1.68. The molecular formula is C13H22ClN3.